The molecular formula is C20H18FN3O3S2. The van der Waals surface area contributed by atoms with E-state index in [-0.39, 0.29) is 16.8 Å². The molecule has 0 saturated heterocycles. The summed E-state index contributed by atoms with van der Waals surface area (Å²) in [7, 11) is 1.41. The molecule has 9 heteroatoms. The molecule has 150 valence electrons. The van der Waals surface area contributed by atoms with Crippen molar-refractivity contribution in [1.29, 1.82) is 0 Å². The normalized spacial score (nSPS) is 10.3. The van der Waals surface area contributed by atoms with Crippen molar-refractivity contribution in [2.75, 3.05) is 19.0 Å². The number of anilines is 1. The molecule has 0 atom stereocenters. The second-order valence-electron chi connectivity index (χ2n) is 5.75. The summed E-state index contributed by atoms with van der Waals surface area (Å²) < 4.78 is 24.2. The van der Waals surface area contributed by atoms with Crippen molar-refractivity contribution in [2.45, 2.75) is 6.92 Å². The molecule has 2 N–H and O–H groups in total. The van der Waals surface area contributed by atoms with Crippen LogP contribution >= 0.6 is 23.6 Å². The Labute approximate surface area is 176 Å². The Kier molecular flexibility index (Phi) is 6.73. The average molecular weight is 432 g/mol. The van der Waals surface area contributed by atoms with E-state index >= 15 is 0 Å². The summed E-state index contributed by atoms with van der Waals surface area (Å²) in [6.07, 6.45) is 0. The van der Waals surface area contributed by atoms with Gasteiger partial charge in [-0.25, -0.2) is 9.37 Å². The Balaban J connectivity index is 1.61. The predicted molar refractivity (Wildman–Crippen MR) is 115 cm³/mol. The molecule has 0 unspecified atom stereocenters. The first-order valence-corrected chi connectivity index (χ1v) is 9.93. The van der Waals surface area contributed by atoms with Crippen LogP contribution in [0.1, 0.15) is 17.3 Å². The van der Waals surface area contributed by atoms with Crippen LogP contribution in [0, 0.1) is 5.82 Å². The van der Waals surface area contributed by atoms with Crippen LogP contribution in [0.4, 0.5) is 9.52 Å². The zero-order valence-electron chi connectivity index (χ0n) is 15.7. The number of rotatable bonds is 6. The number of nitrogens with one attached hydrogen (secondary N) is 2. The molecule has 0 aliphatic carbocycles. The van der Waals surface area contributed by atoms with Crippen molar-refractivity contribution >= 4 is 39.7 Å². The maximum atomic E-state index is 13.9. The van der Waals surface area contributed by atoms with E-state index in [4.69, 9.17) is 21.7 Å². The molecule has 29 heavy (non-hydrogen) atoms. The smallest absolute Gasteiger partial charge is 0.257 e. The molecule has 0 aliphatic heterocycles. The van der Waals surface area contributed by atoms with Gasteiger partial charge in [0.15, 0.2) is 21.8 Å². The lowest BCUT2D eigenvalue weighted by atomic mass is 10.1. The zero-order valence-corrected chi connectivity index (χ0v) is 17.3. The van der Waals surface area contributed by atoms with Gasteiger partial charge in [-0.05, 0) is 61.6 Å². The summed E-state index contributed by atoms with van der Waals surface area (Å²) in [5, 5.41) is 7.83. The molecule has 0 spiro atoms. The van der Waals surface area contributed by atoms with Crippen LogP contribution < -0.4 is 20.1 Å². The fourth-order valence-corrected chi connectivity index (χ4v) is 3.44. The van der Waals surface area contributed by atoms with Gasteiger partial charge in [-0.2, -0.15) is 0 Å². The summed E-state index contributed by atoms with van der Waals surface area (Å²) in [4.78, 5) is 16.7. The number of thiocarbonyl (C=S) groups is 1. The first-order chi connectivity index (χ1) is 14.0. The lowest BCUT2D eigenvalue weighted by Gasteiger charge is -2.08. The van der Waals surface area contributed by atoms with Gasteiger partial charge in [-0.3, -0.25) is 10.1 Å². The highest BCUT2D eigenvalue weighted by atomic mass is 32.1. The Morgan fingerprint density at radius 3 is 2.66 bits per heavy atom. The number of nitrogens with zero attached hydrogens (tertiary/aromatic N) is 1. The molecule has 0 fully saturated rings. The number of carbonyl (C=O) groups is 1. The molecule has 6 nitrogen and oxygen atoms in total. The molecule has 0 radical (unpaired) electrons. The Bertz CT molecular complexity index is 1020. The van der Waals surface area contributed by atoms with Crippen LogP contribution in [0.25, 0.3) is 11.3 Å². The highest BCUT2D eigenvalue weighted by Crippen LogP contribution is 2.28. The van der Waals surface area contributed by atoms with Gasteiger partial charge in [0, 0.05) is 16.5 Å². The maximum absolute atomic E-state index is 13.9. The molecule has 3 aromatic rings. The third-order valence-electron chi connectivity index (χ3n) is 3.83. The summed E-state index contributed by atoms with van der Waals surface area (Å²) in [5.74, 6) is 0.0424. The van der Waals surface area contributed by atoms with Crippen molar-refractivity contribution in [1.82, 2.24) is 10.3 Å². The summed E-state index contributed by atoms with van der Waals surface area (Å²) in [6, 6.07) is 11.4. The van der Waals surface area contributed by atoms with Gasteiger partial charge in [0.25, 0.3) is 5.91 Å². The first kappa shape index (κ1) is 20.7. The number of halogens is 1. The molecule has 1 heterocycles. The van der Waals surface area contributed by atoms with E-state index in [9.17, 15) is 9.18 Å². The third kappa shape index (κ3) is 5.27. The van der Waals surface area contributed by atoms with Gasteiger partial charge in [0.05, 0.1) is 19.4 Å². The topological polar surface area (TPSA) is 72.5 Å². The minimum Gasteiger partial charge on any atom is -0.494 e. The number of hydrogen-bond donors (Lipinski definition) is 2. The summed E-state index contributed by atoms with van der Waals surface area (Å²) >= 11 is 6.47. The van der Waals surface area contributed by atoms with E-state index in [0.717, 1.165) is 0 Å². The Morgan fingerprint density at radius 2 is 2.00 bits per heavy atom. The van der Waals surface area contributed by atoms with Crippen molar-refractivity contribution in [3.05, 3.63) is 59.2 Å². The largest absolute Gasteiger partial charge is 0.494 e. The van der Waals surface area contributed by atoms with Crippen LogP contribution in [-0.4, -0.2) is 29.7 Å². The first-order valence-electron chi connectivity index (χ1n) is 8.64. The van der Waals surface area contributed by atoms with Gasteiger partial charge in [0.1, 0.15) is 5.75 Å². The van der Waals surface area contributed by atoms with Gasteiger partial charge in [0.2, 0.25) is 0 Å². The molecular weight excluding hydrogens is 413 g/mol. The highest BCUT2D eigenvalue weighted by molar-refractivity contribution is 7.80. The molecule has 0 bridgehead atoms. The highest BCUT2D eigenvalue weighted by Gasteiger charge is 2.12. The Hall–Kier alpha value is -3.04. The average Bonchev–Trinajstić information content (AvgIpc) is 3.17. The van der Waals surface area contributed by atoms with Gasteiger partial charge in [-0.15, -0.1) is 11.3 Å². The number of ether oxygens (including phenoxy) is 2. The summed E-state index contributed by atoms with van der Waals surface area (Å²) in [5.41, 5.74) is 1.64. The van der Waals surface area contributed by atoms with Crippen LogP contribution in [-0.2, 0) is 0 Å². The van der Waals surface area contributed by atoms with Crippen LogP contribution in [0.3, 0.4) is 0 Å². The van der Waals surface area contributed by atoms with E-state index in [2.05, 4.69) is 15.6 Å². The SMILES string of the molecule is CCOc1ccc(C(=O)NC(=S)Nc2nc(-c3ccc(OC)c(F)c3)cs2)cc1. The molecule has 1 amide bonds. The second-order valence-corrected chi connectivity index (χ2v) is 7.02. The maximum Gasteiger partial charge on any atom is 0.257 e. The lowest BCUT2D eigenvalue weighted by Crippen LogP contribution is -2.34. The lowest BCUT2D eigenvalue weighted by molar-refractivity contribution is 0.0977. The summed E-state index contributed by atoms with van der Waals surface area (Å²) in [6.45, 7) is 2.44. The third-order valence-corrected chi connectivity index (χ3v) is 4.79. The number of thiazole rings is 1. The van der Waals surface area contributed by atoms with Gasteiger partial charge >= 0.3 is 0 Å². The molecule has 0 saturated carbocycles. The number of methoxy groups -OCH3 is 1. The minimum absolute atomic E-state index is 0.116. The zero-order chi connectivity index (χ0) is 20.8. The fourth-order valence-electron chi connectivity index (χ4n) is 2.46. The van der Waals surface area contributed by atoms with E-state index < -0.39 is 5.82 Å². The fraction of sp³-hybridized carbons (Fsp3) is 0.150. The van der Waals surface area contributed by atoms with Crippen LogP contribution in [0.5, 0.6) is 11.5 Å². The van der Waals surface area contributed by atoms with Crippen molar-refractivity contribution < 1.29 is 18.7 Å². The van der Waals surface area contributed by atoms with Gasteiger partial charge < -0.3 is 14.8 Å². The van der Waals surface area contributed by atoms with Crippen LogP contribution in [0.15, 0.2) is 47.8 Å². The standard InChI is InChI=1S/C20H18FN3O3S2/c1-3-27-14-7-4-12(5-8-14)18(25)23-19(28)24-20-22-16(11-29-20)13-6-9-17(26-2)15(21)10-13/h4-11H,3H2,1-2H3,(H2,22,23,24,25,28). The van der Waals surface area contributed by atoms with E-state index in [1.54, 1.807) is 41.8 Å². The number of hydrogen-bond acceptors (Lipinski definition) is 6. The quantitative estimate of drug-likeness (QED) is 0.561. The monoisotopic (exact) mass is 431 g/mol. The number of benzene rings is 2. The number of carbonyl (C=O) groups excluding carboxylic acids is 1. The Morgan fingerprint density at radius 1 is 1.24 bits per heavy atom. The van der Waals surface area contributed by atoms with E-state index in [1.807, 2.05) is 6.92 Å². The predicted octanol–water partition coefficient (Wildman–Crippen LogP) is 4.48. The minimum atomic E-state index is -0.467. The molecule has 3 rings (SSSR count). The van der Waals surface area contributed by atoms with Crippen molar-refractivity contribution in [3.63, 3.8) is 0 Å². The molecule has 2 aromatic carbocycles. The number of amides is 1. The van der Waals surface area contributed by atoms with E-state index in [1.165, 1.54) is 24.5 Å². The van der Waals surface area contributed by atoms with Crippen molar-refractivity contribution in [2.24, 2.45) is 0 Å². The van der Waals surface area contributed by atoms with E-state index in [0.29, 0.717) is 34.3 Å². The van der Waals surface area contributed by atoms with Crippen molar-refractivity contribution in [3.8, 4) is 22.8 Å². The molecule has 0 aliphatic rings. The molecule has 1 aromatic heterocycles. The van der Waals surface area contributed by atoms with Gasteiger partial charge in [-0.1, -0.05) is 0 Å². The second kappa shape index (κ2) is 9.44. The number of aromatic nitrogens is 1. The van der Waals surface area contributed by atoms with Crippen LogP contribution in [0.2, 0.25) is 0 Å².